The Morgan fingerprint density at radius 1 is 0.645 bits per heavy atom. The minimum atomic E-state index is 0.0131. The fourth-order valence-corrected chi connectivity index (χ4v) is 4.31. The highest BCUT2D eigenvalue weighted by atomic mass is 16.6. The van der Waals surface area contributed by atoms with Crippen molar-refractivity contribution in [1.82, 2.24) is 0 Å². The summed E-state index contributed by atoms with van der Waals surface area (Å²) in [5.74, 6) is 0.0131. The molecule has 0 radical (unpaired) electrons. The fraction of sp³-hybridized carbons (Fsp3) is 0.964. The van der Waals surface area contributed by atoms with E-state index in [0.717, 1.165) is 19.4 Å². The minimum absolute atomic E-state index is 0.0131. The molecule has 3 heteroatoms. The van der Waals surface area contributed by atoms with Crippen molar-refractivity contribution in [3.05, 3.63) is 0 Å². The molecule has 1 aliphatic rings. The van der Waals surface area contributed by atoms with Crippen LogP contribution in [0.5, 0.6) is 0 Å². The molecule has 1 heterocycles. The molecular formula is C28H54O3. The van der Waals surface area contributed by atoms with Gasteiger partial charge in [-0.2, -0.15) is 0 Å². The lowest BCUT2D eigenvalue weighted by Crippen LogP contribution is -2.05. The van der Waals surface area contributed by atoms with Crippen molar-refractivity contribution in [3.8, 4) is 0 Å². The number of unbranched alkanes of at least 4 members (excludes halogenated alkanes) is 19. The molecule has 1 unspecified atom stereocenters. The zero-order chi connectivity index (χ0) is 22.2. The minimum Gasteiger partial charge on any atom is -0.466 e. The summed E-state index contributed by atoms with van der Waals surface area (Å²) < 4.78 is 10.6. The van der Waals surface area contributed by atoms with E-state index in [4.69, 9.17) is 9.47 Å². The molecule has 1 rings (SSSR count). The first-order chi connectivity index (χ1) is 15.3. The van der Waals surface area contributed by atoms with E-state index >= 15 is 0 Å². The van der Waals surface area contributed by atoms with Crippen LogP contribution in [0.2, 0.25) is 0 Å². The number of esters is 1. The van der Waals surface area contributed by atoms with Crippen molar-refractivity contribution < 1.29 is 14.3 Å². The molecule has 1 aliphatic heterocycles. The van der Waals surface area contributed by atoms with E-state index in [-0.39, 0.29) is 5.97 Å². The Morgan fingerprint density at radius 3 is 1.55 bits per heavy atom. The highest BCUT2D eigenvalue weighted by Crippen LogP contribution is 2.18. The van der Waals surface area contributed by atoms with Crippen LogP contribution in [-0.4, -0.2) is 25.3 Å². The molecule has 0 aliphatic carbocycles. The standard InChI is InChI=1S/C28H54O3/c1-2-3-4-5-6-7-8-9-10-11-12-13-14-18-21-24-28(29)30-25-22-19-16-15-17-20-23-27-26-31-27/h27H,2-26H2,1H3. The predicted octanol–water partition coefficient (Wildman–Crippen LogP) is 8.92. The third-order valence-corrected chi connectivity index (χ3v) is 6.57. The maximum atomic E-state index is 11.8. The second-order valence-corrected chi connectivity index (χ2v) is 9.79. The van der Waals surface area contributed by atoms with E-state index < -0.39 is 0 Å². The molecule has 0 amide bonds. The Kier molecular flexibility index (Phi) is 20.8. The van der Waals surface area contributed by atoms with Crippen molar-refractivity contribution >= 4 is 5.97 Å². The monoisotopic (exact) mass is 438 g/mol. The number of hydrogen-bond acceptors (Lipinski definition) is 3. The van der Waals surface area contributed by atoms with Crippen LogP contribution in [0.25, 0.3) is 0 Å². The molecule has 3 nitrogen and oxygen atoms in total. The van der Waals surface area contributed by atoms with Gasteiger partial charge in [0.25, 0.3) is 0 Å². The van der Waals surface area contributed by atoms with E-state index in [9.17, 15) is 4.79 Å². The molecule has 0 aromatic heterocycles. The maximum absolute atomic E-state index is 11.8. The van der Waals surface area contributed by atoms with Crippen LogP contribution in [0, 0.1) is 0 Å². The van der Waals surface area contributed by atoms with E-state index in [0.29, 0.717) is 19.1 Å². The van der Waals surface area contributed by atoms with Crippen molar-refractivity contribution in [3.63, 3.8) is 0 Å². The number of ether oxygens (including phenoxy) is 2. The SMILES string of the molecule is CCCCCCCCCCCCCCCCCC(=O)OCCCCCCCCC1CO1. The molecule has 0 aromatic carbocycles. The Hall–Kier alpha value is -0.570. The lowest BCUT2D eigenvalue weighted by atomic mass is 10.0. The zero-order valence-corrected chi connectivity index (χ0v) is 21.0. The number of carbonyl (C=O) groups is 1. The maximum Gasteiger partial charge on any atom is 0.305 e. The second kappa shape index (κ2) is 22.6. The summed E-state index contributed by atoms with van der Waals surface area (Å²) in [4.78, 5) is 11.8. The van der Waals surface area contributed by atoms with Crippen LogP contribution < -0.4 is 0 Å². The van der Waals surface area contributed by atoms with Gasteiger partial charge in [0.15, 0.2) is 0 Å². The van der Waals surface area contributed by atoms with E-state index in [1.807, 2.05) is 0 Å². The number of epoxide rings is 1. The van der Waals surface area contributed by atoms with Gasteiger partial charge in [-0.1, -0.05) is 129 Å². The van der Waals surface area contributed by atoms with Crippen molar-refractivity contribution in [2.75, 3.05) is 13.2 Å². The fourth-order valence-electron chi connectivity index (χ4n) is 4.31. The first-order valence-corrected chi connectivity index (χ1v) is 14.1. The van der Waals surface area contributed by atoms with Gasteiger partial charge in [-0.15, -0.1) is 0 Å². The smallest absolute Gasteiger partial charge is 0.305 e. The molecule has 0 bridgehead atoms. The van der Waals surface area contributed by atoms with Crippen LogP contribution in [0.15, 0.2) is 0 Å². The molecule has 0 aromatic rings. The number of rotatable bonds is 25. The first-order valence-electron chi connectivity index (χ1n) is 14.1. The average molecular weight is 439 g/mol. The van der Waals surface area contributed by atoms with Gasteiger partial charge < -0.3 is 9.47 Å². The Labute approximate surface area is 194 Å². The van der Waals surface area contributed by atoms with Crippen molar-refractivity contribution in [2.24, 2.45) is 0 Å². The highest BCUT2D eigenvalue weighted by Gasteiger charge is 2.20. The third-order valence-electron chi connectivity index (χ3n) is 6.57. The van der Waals surface area contributed by atoms with Gasteiger partial charge in [-0.3, -0.25) is 4.79 Å². The van der Waals surface area contributed by atoms with Crippen molar-refractivity contribution in [2.45, 2.75) is 161 Å². The quantitative estimate of drug-likeness (QED) is 0.0811. The summed E-state index contributed by atoms with van der Waals surface area (Å²) >= 11 is 0. The molecule has 0 N–H and O–H groups in total. The van der Waals surface area contributed by atoms with Crippen LogP contribution in [0.3, 0.4) is 0 Å². The molecule has 0 spiro atoms. The lowest BCUT2D eigenvalue weighted by Gasteiger charge is -2.05. The van der Waals surface area contributed by atoms with Gasteiger partial charge in [0.2, 0.25) is 0 Å². The normalized spacial score (nSPS) is 15.3. The van der Waals surface area contributed by atoms with Crippen LogP contribution in [0.1, 0.15) is 155 Å². The average Bonchev–Trinajstić information content (AvgIpc) is 3.59. The van der Waals surface area contributed by atoms with Gasteiger partial charge in [0.1, 0.15) is 0 Å². The number of hydrogen-bond donors (Lipinski definition) is 0. The molecular weight excluding hydrogens is 384 g/mol. The van der Waals surface area contributed by atoms with Gasteiger partial charge in [-0.25, -0.2) is 0 Å². The molecule has 0 saturated carbocycles. The molecule has 1 atom stereocenters. The number of carbonyl (C=O) groups excluding carboxylic acids is 1. The Morgan fingerprint density at radius 2 is 1.06 bits per heavy atom. The van der Waals surface area contributed by atoms with E-state index in [2.05, 4.69) is 6.92 Å². The summed E-state index contributed by atoms with van der Waals surface area (Å²) in [7, 11) is 0. The Bertz CT molecular complexity index is 378. The van der Waals surface area contributed by atoms with Crippen LogP contribution in [0.4, 0.5) is 0 Å². The van der Waals surface area contributed by atoms with Gasteiger partial charge in [-0.05, 0) is 19.3 Å². The van der Waals surface area contributed by atoms with Crippen molar-refractivity contribution in [1.29, 1.82) is 0 Å². The highest BCUT2D eigenvalue weighted by molar-refractivity contribution is 5.69. The summed E-state index contributed by atoms with van der Waals surface area (Å²) in [6.45, 7) is 3.89. The first kappa shape index (κ1) is 28.5. The summed E-state index contributed by atoms with van der Waals surface area (Å²) in [5.41, 5.74) is 0. The molecule has 184 valence electrons. The molecule has 1 saturated heterocycles. The zero-order valence-electron chi connectivity index (χ0n) is 21.0. The summed E-state index contributed by atoms with van der Waals surface area (Å²) in [6.07, 6.45) is 30.2. The predicted molar refractivity (Wildman–Crippen MR) is 133 cm³/mol. The molecule has 1 fully saturated rings. The molecule has 31 heavy (non-hydrogen) atoms. The van der Waals surface area contributed by atoms with Crippen LogP contribution in [-0.2, 0) is 14.3 Å². The van der Waals surface area contributed by atoms with Crippen LogP contribution >= 0.6 is 0 Å². The van der Waals surface area contributed by atoms with Gasteiger partial charge in [0, 0.05) is 6.42 Å². The topological polar surface area (TPSA) is 38.8 Å². The second-order valence-electron chi connectivity index (χ2n) is 9.79. The summed E-state index contributed by atoms with van der Waals surface area (Å²) in [6, 6.07) is 0. The summed E-state index contributed by atoms with van der Waals surface area (Å²) in [5, 5.41) is 0. The lowest BCUT2D eigenvalue weighted by molar-refractivity contribution is -0.143. The van der Waals surface area contributed by atoms with E-state index in [1.54, 1.807) is 0 Å². The largest absolute Gasteiger partial charge is 0.466 e. The van der Waals surface area contributed by atoms with E-state index in [1.165, 1.54) is 128 Å². The third kappa shape index (κ3) is 22.4. The van der Waals surface area contributed by atoms with Gasteiger partial charge >= 0.3 is 5.97 Å². The van der Waals surface area contributed by atoms with Gasteiger partial charge in [0.05, 0.1) is 19.3 Å². The Balaban J connectivity index is 1.66.